The minimum atomic E-state index is -0.741. The molecule has 3 rings (SSSR count). The number of carbonyl (C=O) groups is 3. The van der Waals surface area contributed by atoms with Gasteiger partial charge in [-0.1, -0.05) is 6.07 Å². The molecule has 1 N–H and O–H groups in total. The molecule has 10 heteroatoms. The number of methoxy groups -OCH3 is 2. The molecule has 0 radical (unpaired) electrons. The lowest BCUT2D eigenvalue weighted by atomic mass is 10.1. The second-order valence-electron chi connectivity index (χ2n) is 7.75. The van der Waals surface area contributed by atoms with E-state index in [2.05, 4.69) is 5.32 Å². The second kappa shape index (κ2) is 11.7. The van der Waals surface area contributed by atoms with Crippen LogP contribution in [0, 0.1) is 0 Å². The summed E-state index contributed by atoms with van der Waals surface area (Å²) < 4.78 is 15.6. The molecule has 2 amide bonds. The second-order valence-corrected chi connectivity index (χ2v) is 8.11. The van der Waals surface area contributed by atoms with Crippen LogP contribution in [0.4, 0.5) is 5.69 Å². The van der Waals surface area contributed by atoms with E-state index in [0.29, 0.717) is 41.0 Å². The van der Waals surface area contributed by atoms with Crippen LogP contribution in [-0.2, 0) is 20.9 Å². The van der Waals surface area contributed by atoms with Crippen LogP contribution >= 0.6 is 12.2 Å². The van der Waals surface area contributed by atoms with Crippen LogP contribution in [0.25, 0.3) is 0 Å². The topological polar surface area (TPSA) is 97.4 Å². The third-order valence-corrected chi connectivity index (χ3v) is 6.03. The first-order valence-corrected chi connectivity index (χ1v) is 11.6. The van der Waals surface area contributed by atoms with Crippen LogP contribution < -0.4 is 14.8 Å². The van der Waals surface area contributed by atoms with Crippen LogP contribution in [0.15, 0.2) is 42.5 Å². The highest BCUT2D eigenvalue weighted by atomic mass is 32.1. The average Bonchev–Trinajstić information content (AvgIpc) is 3.07. The van der Waals surface area contributed by atoms with Crippen molar-refractivity contribution in [1.29, 1.82) is 0 Å². The number of hydrogen-bond acceptors (Lipinski definition) is 7. The number of amides is 2. The summed E-state index contributed by atoms with van der Waals surface area (Å²) in [5, 5.41) is 3.16. The molecule has 1 atom stereocenters. The van der Waals surface area contributed by atoms with E-state index in [-0.39, 0.29) is 24.8 Å². The Hall–Kier alpha value is -3.66. The van der Waals surface area contributed by atoms with Crippen LogP contribution in [0.5, 0.6) is 11.5 Å². The van der Waals surface area contributed by atoms with Crippen molar-refractivity contribution in [3.8, 4) is 11.5 Å². The van der Waals surface area contributed by atoms with Gasteiger partial charge in [-0.15, -0.1) is 0 Å². The number of esters is 1. The van der Waals surface area contributed by atoms with Gasteiger partial charge >= 0.3 is 5.97 Å². The summed E-state index contributed by atoms with van der Waals surface area (Å²) >= 11 is 5.57. The standard InChI is InChI=1S/C25H29N3O6S/c1-5-27-23(30)19(14-22(29)26-18-10-8-17(9-11-18)24(31)34-6-2)28(25(27)35)15-16-7-12-20(32-3)21(13-16)33-4/h7-13,19H,5-6,14-15H2,1-4H3,(H,26,29)/t19-/m0/s1. The first-order chi connectivity index (χ1) is 16.8. The average molecular weight is 500 g/mol. The van der Waals surface area contributed by atoms with Crippen LogP contribution in [0.3, 0.4) is 0 Å². The predicted molar refractivity (Wildman–Crippen MR) is 135 cm³/mol. The van der Waals surface area contributed by atoms with Crippen molar-refractivity contribution in [2.75, 3.05) is 32.7 Å². The van der Waals surface area contributed by atoms with Gasteiger partial charge in [-0.3, -0.25) is 14.5 Å². The molecule has 2 aromatic rings. The van der Waals surface area contributed by atoms with Crippen molar-refractivity contribution in [2.45, 2.75) is 32.9 Å². The predicted octanol–water partition coefficient (Wildman–Crippen LogP) is 3.23. The molecule has 0 unspecified atom stereocenters. The van der Waals surface area contributed by atoms with Crippen LogP contribution in [0.2, 0.25) is 0 Å². The molecule has 35 heavy (non-hydrogen) atoms. The van der Waals surface area contributed by atoms with E-state index in [4.69, 9.17) is 26.4 Å². The smallest absolute Gasteiger partial charge is 0.338 e. The monoisotopic (exact) mass is 499 g/mol. The Kier molecular flexibility index (Phi) is 8.64. The fraction of sp³-hybridized carbons (Fsp3) is 0.360. The third-order valence-electron chi connectivity index (χ3n) is 5.58. The summed E-state index contributed by atoms with van der Waals surface area (Å²) in [5.74, 6) is 0.169. The molecule has 2 aromatic carbocycles. The van der Waals surface area contributed by atoms with E-state index >= 15 is 0 Å². The first kappa shape index (κ1) is 26.0. The zero-order chi connectivity index (χ0) is 25.5. The van der Waals surface area contributed by atoms with Gasteiger partial charge in [0, 0.05) is 18.8 Å². The number of thiocarbonyl (C=S) groups is 1. The Morgan fingerprint density at radius 3 is 2.31 bits per heavy atom. The first-order valence-electron chi connectivity index (χ1n) is 11.2. The minimum absolute atomic E-state index is 0.0810. The van der Waals surface area contributed by atoms with Gasteiger partial charge in [-0.2, -0.15) is 0 Å². The van der Waals surface area contributed by atoms with Gasteiger partial charge in [0.05, 0.1) is 32.8 Å². The zero-order valence-electron chi connectivity index (χ0n) is 20.2. The zero-order valence-corrected chi connectivity index (χ0v) is 21.0. The molecule has 1 aliphatic heterocycles. The van der Waals surface area contributed by atoms with E-state index in [1.807, 2.05) is 19.1 Å². The van der Waals surface area contributed by atoms with Crippen molar-refractivity contribution in [1.82, 2.24) is 9.80 Å². The number of nitrogens with one attached hydrogen (secondary N) is 1. The van der Waals surface area contributed by atoms with Gasteiger partial charge in [-0.25, -0.2) is 4.79 Å². The van der Waals surface area contributed by atoms with E-state index in [1.165, 1.54) is 4.90 Å². The van der Waals surface area contributed by atoms with Gasteiger partial charge in [0.1, 0.15) is 6.04 Å². The molecule has 1 fully saturated rings. The lowest BCUT2D eigenvalue weighted by Crippen LogP contribution is -2.37. The van der Waals surface area contributed by atoms with E-state index < -0.39 is 12.0 Å². The molecular weight excluding hydrogens is 470 g/mol. The molecule has 1 saturated heterocycles. The van der Waals surface area contributed by atoms with Gasteiger partial charge in [0.25, 0.3) is 5.91 Å². The van der Waals surface area contributed by atoms with Gasteiger partial charge in [0.15, 0.2) is 16.6 Å². The van der Waals surface area contributed by atoms with Crippen molar-refractivity contribution < 1.29 is 28.6 Å². The molecule has 0 saturated carbocycles. The molecule has 0 spiro atoms. The molecule has 0 aromatic heterocycles. The van der Waals surface area contributed by atoms with Gasteiger partial charge in [0.2, 0.25) is 5.91 Å². The fourth-order valence-corrected chi connectivity index (χ4v) is 4.24. The number of ether oxygens (including phenoxy) is 3. The maximum Gasteiger partial charge on any atom is 0.338 e. The lowest BCUT2D eigenvalue weighted by Gasteiger charge is -2.24. The van der Waals surface area contributed by atoms with Crippen LogP contribution in [0.1, 0.15) is 36.2 Å². The number of rotatable bonds is 10. The van der Waals surface area contributed by atoms with Crippen molar-refractivity contribution in [3.63, 3.8) is 0 Å². The normalized spacial score (nSPS) is 15.3. The summed E-state index contributed by atoms with van der Waals surface area (Å²) in [6.07, 6.45) is -0.0810. The van der Waals surface area contributed by atoms with Gasteiger partial charge in [-0.05, 0) is 68.0 Å². The molecule has 9 nitrogen and oxygen atoms in total. The number of benzene rings is 2. The van der Waals surface area contributed by atoms with E-state index in [0.717, 1.165) is 5.56 Å². The fourth-order valence-electron chi connectivity index (χ4n) is 3.83. The summed E-state index contributed by atoms with van der Waals surface area (Å²) in [5.41, 5.74) is 1.76. The van der Waals surface area contributed by atoms with E-state index in [9.17, 15) is 14.4 Å². The molecule has 0 bridgehead atoms. The molecule has 0 aliphatic carbocycles. The summed E-state index contributed by atoms with van der Waals surface area (Å²) in [7, 11) is 3.11. The highest BCUT2D eigenvalue weighted by molar-refractivity contribution is 7.80. The summed E-state index contributed by atoms with van der Waals surface area (Å²) in [6, 6.07) is 11.1. The Morgan fingerprint density at radius 2 is 1.71 bits per heavy atom. The number of carbonyl (C=O) groups excluding carboxylic acids is 3. The largest absolute Gasteiger partial charge is 0.493 e. The summed E-state index contributed by atoms with van der Waals surface area (Å²) in [6.45, 7) is 4.59. The van der Waals surface area contributed by atoms with Gasteiger partial charge < -0.3 is 24.4 Å². The Morgan fingerprint density at radius 1 is 1.03 bits per heavy atom. The lowest BCUT2D eigenvalue weighted by molar-refractivity contribution is -0.130. The van der Waals surface area contributed by atoms with Crippen molar-refractivity contribution >= 4 is 40.8 Å². The molecule has 186 valence electrons. The molecule has 1 heterocycles. The maximum atomic E-state index is 13.1. The Bertz CT molecular complexity index is 1100. The highest BCUT2D eigenvalue weighted by Crippen LogP contribution is 2.30. The molecule has 1 aliphatic rings. The highest BCUT2D eigenvalue weighted by Gasteiger charge is 2.42. The minimum Gasteiger partial charge on any atom is -0.493 e. The number of hydrogen-bond donors (Lipinski definition) is 1. The maximum absolute atomic E-state index is 13.1. The van der Waals surface area contributed by atoms with Crippen LogP contribution in [-0.4, -0.2) is 66.1 Å². The quantitative estimate of drug-likeness (QED) is 0.393. The SMILES string of the molecule is CCOC(=O)c1ccc(NC(=O)C[C@H]2C(=O)N(CC)C(=S)N2Cc2ccc(OC)c(OC)c2)cc1. The van der Waals surface area contributed by atoms with E-state index in [1.54, 1.807) is 56.4 Å². The number of nitrogens with zero attached hydrogens (tertiary/aromatic N) is 2. The van der Waals surface area contributed by atoms with Crippen molar-refractivity contribution in [2.24, 2.45) is 0 Å². The summed E-state index contributed by atoms with van der Waals surface area (Å²) in [4.78, 5) is 41.0. The Labute approximate surface area is 209 Å². The molecular formula is C25H29N3O6S. The third kappa shape index (κ3) is 5.89. The number of anilines is 1. The van der Waals surface area contributed by atoms with Crippen molar-refractivity contribution in [3.05, 3.63) is 53.6 Å². The number of likely N-dealkylation sites (N-methyl/N-ethyl adjacent to an activating group) is 1. The Balaban J connectivity index is 1.74.